The first-order chi connectivity index (χ1) is 26.7. The molecule has 4 N–H and O–H groups in total. The average molecular weight is 963 g/mol. The Labute approximate surface area is 378 Å². The number of esters is 1. The third-order valence-corrected chi connectivity index (χ3v) is 11.3. The van der Waals surface area contributed by atoms with Crippen molar-refractivity contribution >= 4 is 29.8 Å². The fourth-order valence-electron chi connectivity index (χ4n) is 7.77. The first-order valence-electron chi connectivity index (χ1n) is 20.8. The molecular weight excluding hydrogens is 892 g/mol. The van der Waals surface area contributed by atoms with Gasteiger partial charge in [-0.2, -0.15) is 0 Å². The van der Waals surface area contributed by atoms with Crippen LogP contribution in [0.1, 0.15) is 121 Å². The zero-order chi connectivity index (χ0) is 42.9. The number of rotatable bonds is 29. The summed E-state index contributed by atoms with van der Waals surface area (Å²) in [6, 6.07) is 0. The summed E-state index contributed by atoms with van der Waals surface area (Å²) in [5.74, 6) is -1.97. The van der Waals surface area contributed by atoms with E-state index in [1.54, 1.807) is 0 Å². The Balaban J connectivity index is 0.0000168. The predicted octanol–water partition coefficient (Wildman–Crippen LogP) is 6.28. The van der Waals surface area contributed by atoms with Gasteiger partial charge >= 0.3 is 69.8 Å². The van der Waals surface area contributed by atoms with Gasteiger partial charge in [0, 0.05) is 31.7 Å². The Morgan fingerprint density at radius 1 is 0.638 bits per heavy atom. The molecule has 14 nitrogen and oxygen atoms in total. The number of aliphatic carboxylic acids is 4. The molecule has 58 heavy (non-hydrogen) atoms. The molecule has 0 fully saturated rings. The smallest absolute Gasteiger partial charge is 0.487 e. The van der Waals surface area contributed by atoms with Gasteiger partial charge in [-0.25, -0.2) is 0 Å². The number of carbonyl (C=O) groups is 5. The van der Waals surface area contributed by atoms with Crippen LogP contribution in [0, 0.1) is 78.5 Å². The van der Waals surface area contributed by atoms with Crippen molar-refractivity contribution in [3.05, 3.63) is 22.3 Å². The van der Waals surface area contributed by atoms with Gasteiger partial charge in [0.1, 0.15) is 17.1 Å². The van der Waals surface area contributed by atoms with Crippen LogP contribution in [0.4, 0.5) is 0 Å². The molecule has 0 amide bonds. The Bertz CT molecular complexity index is 1490. The minimum atomic E-state index is -1.23. The molecule has 1 aromatic rings. The minimum absolute atomic E-state index is 0. The maximum Gasteiger partial charge on any atom is 3.00 e. The Morgan fingerprint density at radius 3 is 1.55 bits per heavy atom. The Morgan fingerprint density at radius 2 is 1.07 bits per heavy atom. The molecule has 329 valence electrons. The standard InChI is InChI=1S/C43H71N3O11.Gd/c1-29(2)12-9-13-30(3)14-10-15-31(4)16-11-18-43(8)19-17-35-34(7)41(32(5)33(6)42(35)57-43)56-40(55)28-46(27-39(53)54)23-21-44(24-36(47)48)20-22-45(25-37(49)50)26-38(51)52;/h29-31H,9-28H2,1-8H3,(H,47,48)(H,49,50)(H,51,52)(H,53,54);/q;+3/t30-,31-,43-;/m1./s1. The average Bonchev–Trinajstić information content (AvgIpc) is 3.09. The first kappa shape index (κ1) is 53.6. The van der Waals surface area contributed by atoms with Crippen LogP contribution in [0.15, 0.2) is 0 Å². The second-order valence-electron chi connectivity index (χ2n) is 17.2. The number of hydrogen-bond donors (Lipinski definition) is 4. The van der Waals surface area contributed by atoms with E-state index in [0.29, 0.717) is 11.7 Å². The molecule has 0 bridgehead atoms. The number of carboxylic acid groups (broad SMARTS) is 4. The van der Waals surface area contributed by atoms with Gasteiger partial charge in [-0.1, -0.05) is 72.6 Å². The van der Waals surface area contributed by atoms with E-state index in [4.69, 9.17) is 19.7 Å². The topological polar surface area (TPSA) is 194 Å². The maximum atomic E-state index is 13.4. The van der Waals surface area contributed by atoms with Crippen LogP contribution >= 0.6 is 0 Å². The minimum Gasteiger partial charge on any atom is -0.487 e. The molecule has 1 radical (unpaired) electrons. The van der Waals surface area contributed by atoms with Crippen molar-refractivity contribution in [1.82, 2.24) is 14.7 Å². The number of benzene rings is 1. The summed E-state index contributed by atoms with van der Waals surface area (Å²) in [6.07, 6.45) is 12.7. The quantitative estimate of drug-likeness (QED) is 0.0518. The van der Waals surface area contributed by atoms with Crippen molar-refractivity contribution in [2.24, 2.45) is 17.8 Å². The third-order valence-electron chi connectivity index (χ3n) is 11.3. The van der Waals surface area contributed by atoms with Gasteiger partial charge < -0.3 is 29.9 Å². The molecule has 1 aliphatic heterocycles. The number of carbonyl (C=O) groups excluding carboxylic acids is 1. The van der Waals surface area contributed by atoms with Crippen LogP contribution < -0.4 is 9.47 Å². The molecule has 1 heterocycles. The second kappa shape index (κ2) is 26.7. The fourth-order valence-corrected chi connectivity index (χ4v) is 7.77. The van der Waals surface area contributed by atoms with Crippen LogP contribution in [0.25, 0.3) is 0 Å². The first-order valence-corrected chi connectivity index (χ1v) is 20.8. The SMILES string of the molecule is Cc1c(C)c2c(c(C)c1OC(=O)CN(CCN(CCN(CC(=O)O)CC(=O)O)CC(=O)O)CC(=O)O)CC[C@@](C)(CCC[C@H](C)CCC[C@H](C)CCCC(C)C)O2.[Gd+3]. The van der Waals surface area contributed by atoms with E-state index >= 15 is 0 Å². The molecule has 0 saturated carbocycles. The summed E-state index contributed by atoms with van der Waals surface area (Å²) < 4.78 is 12.7. The van der Waals surface area contributed by atoms with E-state index < -0.39 is 56.0 Å². The predicted molar refractivity (Wildman–Crippen MR) is 218 cm³/mol. The van der Waals surface area contributed by atoms with Crippen LogP contribution in [0.3, 0.4) is 0 Å². The van der Waals surface area contributed by atoms with Crippen LogP contribution in [-0.2, 0) is 30.4 Å². The number of hydrogen-bond acceptors (Lipinski definition) is 10. The van der Waals surface area contributed by atoms with Crippen molar-refractivity contribution in [2.45, 2.75) is 132 Å². The fraction of sp³-hybridized carbons (Fsp3) is 0.744. The number of fused-ring (bicyclic) bond motifs is 1. The monoisotopic (exact) mass is 963 g/mol. The summed E-state index contributed by atoms with van der Waals surface area (Å²) in [6.45, 7) is 14.8. The molecule has 15 heteroatoms. The van der Waals surface area contributed by atoms with Gasteiger partial charge in [-0.15, -0.1) is 0 Å². The normalized spacial score (nSPS) is 16.1. The Hall–Kier alpha value is -2.43. The van der Waals surface area contributed by atoms with Gasteiger partial charge in [0.25, 0.3) is 0 Å². The van der Waals surface area contributed by atoms with Crippen molar-refractivity contribution < 1.29 is 93.8 Å². The molecule has 0 spiro atoms. The molecule has 1 aliphatic rings. The van der Waals surface area contributed by atoms with Crippen molar-refractivity contribution in [3.8, 4) is 11.5 Å². The molecule has 0 aliphatic carbocycles. The van der Waals surface area contributed by atoms with Crippen LogP contribution in [0.2, 0.25) is 0 Å². The van der Waals surface area contributed by atoms with E-state index in [0.717, 1.165) is 70.4 Å². The van der Waals surface area contributed by atoms with Gasteiger partial charge in [0.05, 0.1) is 32.7 Å². The number of nitrogens with zero attached hydrogens (tertiary/aromatic N) is 3. The molecule has 3 atom stereocenters. The van der Waals surface area contributed by atoms with Crippen molar-refractivity contribution in [3.63, 3.8) is 0 Å². The van der Waals surface area contributed by atoms with Gasteiger partial charge in [-0.3, -0.25) is 38.7 Å². The maximum absolute atomic E-state index is 13.4. The van der Waals surface area contributed by atoms with Gasteiger partial charge in [0.15, 0.2) is 0 Å². The molecule has 1 aromatic carbocycles. The van der Waals surface area contributed by atoms with Crippen LogP contribution in [0.5, 0.6) is 11.5 Å². The molecule has 0 aromatic heterocycles. The molecule has 0 saturated heterocycles. The van der Waals surface area contributed by atoms with Gasteiger partial charge in [-0.05, 0) is 87.8 Å². The summed E-state index contributed by atoms with van der Waals surface area (Å²) in [7, 11) is 0. The summed E-state index contributed by atoms with van der Waals surface area (Å²) in [5.41, 5.74) is 3.17. The summed E-state index contributed by atoms with van der Waals surface area (Å²) in [5, 5.41) is 37.3. The van der Waals surface area contributed by atoms with Crippen molar-refractivity contribution in [1.29, 1.82) is 0 Å². The largest absolute Gasteiger partial charge is 3.00 e. The van der Waals surface area contributed by atoms with Crippen LogP contribution in [-0.4, -0.2) is 129 Å². The molecule has 0 unspecified atom stereocenters. The van der Waals surface area contributed by atoms with Crippen molar-refractivity contribution in [2.75, 3.05) is 58.9 Å². The summed E-state index contributed by atoms with van der Waals surface area (Å²) in [4.78, 5) is 63.0. The van der Waals surface area contributed by atoms with Gasteiger partial charge in [0.2, 0.25) is 0 Å². The van der Waals surface area contributed by atoms with E-state index in [-0.39, 0.29) is 78.3 Å². The van der Waals surface area contributed by atoms with E-state index in [2.05, 4.69) is 34.6 Å². The number of carboxylic acids is 4. The number of ether oxygens (including phenoxy) is 2. The van der Waals surface area contributed by atoms with E-state index in [1.165, 1.54) is 54.7 Å². The third kappa shape index (κ3) is 20.2. The zero-order valence-electron chi connectivity index (χ0n) is 36.2. The molecule has 2 rings (SSSR count). The Kier molecular flexibility index (Phi) is 24.7. The summed E-state index contributed by atoms with van der Waals surface area (Å²) >= 11 is 0. The zero-order valence-corrected chi connectivity index (χ0v) is 38.5. The van der Waals surface area contributed by atoms with E-state index in [1.807, 2.05) is 20.8 Å². The van der Waals surface area contributed by atoms with E-state index in [9.17, 15) is 34.2 Å². The second-order valence-corrected chi connectivity index (χ2v) is 17.2. The molecular formula is C43H71GdN3O11+3.